The van der Waals surface area contributed by atoms with Gasteiger partial charge in [-0.15, -0.1) is 0 Å². The van der Waals surface area contributed by atoms with Gasteiger partial charge in [0.2, 0.25) is 0 Å². The fraction of sp³-hybridized carbons (Fsp3) is 0.389. The summed E-state index contributed by atoms with van der Waals surface area (Å²) >= 11 is 6.82. The molecule has 124 valence electrons. The van der Waals surface area contributed by atoms with E-state index in [-0.39, 0.29) is 18.6 Å². The molecule has 0 atom stereocenters. The van der Waals surface area contributed by atoms with Crippen molar-refractivity contribution in [1.82, 2.24) is 4.90 Å². The summed E-state index contributed by atoms with van der Waals surface area (Å²) in [6.07, 6.45) is 7.56. The van der Waals surface area contributed by atoms with Crippen LogP contribution in [0.5, 0.6) is 5.75 Å². The number of nitriles is 1. The molecule has 1 amide bonds. The molecule has 1 aliphatic carbocycles. The van der Waals surface area contributed by atoms with Crippen molar-refractivity contribution in [3.8, 4) is 11.8 Å². The molecule has 1 saturated heterocycles. The van der Waals surface area contributed by atoms with Crippen LogP contribution in [0, 0.1) is 11.3 Å². The highest BCUT2D eigenvalue weighted by Gasteiger charge is 2.37. The number of thiocarbonyl (C=S) groups is 1. The molecule has 1 heterocycles. The van der Waals surface area contributed by atoms with Gasteiger partial charge in [0.15, 0.2) is 6.61 Å². The maximum atomic E-state index is 12.7. The molecule has 1 aliphatic heterocycles. The quantitative estimate of drug-likeness (QED) is 0.598. The maximum Gasteiger partial charge on any atom is 0.266 e. The van der Waals surface area contributed by atoms with E-state index in [2.05, 4.69) is 0 Å². The topological polar surface area (TPSA) is 53.3 Å². The van der Waals surface area contributed by atoms with Crippen molar-refractivity contribution in [3.63, 3.8) is 0 Å². The number of carbonyl (C=O) groups is 1. The van der Waals surface area contributed by atoms with E-state index in [9.17, 15) is 4.79 Å². The van der Waals surface area contributed by atoms with E-state index in [1.165, 1.54) is 31.0 Å². The lowest BCUT2D eigenvalue weighted by molar-refractivity contribution is -0.124. The molecule has 0 aromatic heterocycles. The van der Waals surface area contributed by atoms with Crippen LogP contribution < -0.4 is 4.74 Å². The summed E-state index contributed by atoms with van der Waals surface area (Å²) in [4.78, 5) is 15.2. The Labute approximate surface area is 151 Å². The maximum absolute atomic E-state index is 12.7. The fourth-order valence-corrected chi connectivity index (χ4v) is 4.46. The van der Waals surface area contributed by atoms with Crippen molar-refractivity contribution in [2.45, 2.75) is 38.1 Å². The Morgan fingerprint density at radius 1 is 1.29 bits per heavy atom. The minimum absolute atomic E-state index is 0.0272. The first kappa shape index (κ1) is 17.0. The lowest BCUT2D eigenvalue weighted by atomic mass is 9.94. The van der Waals surface area contributed by atoms with Crippen molar-refractivity contribution in [3.05, 3.63) is 34.7 Å². The molecule has 1 aromatic rings. The number of hydrogen-bond acceptors (Lipinski definition) is 5. The predicted molar refractivity (Wildman–Crippen MR) is 99.4 cm³/mol. The van der Waals surface area contributed by atoms with Gasteiger partial charge in [-0.05, 0) is 36.6 Å². The van der Waals surface area contributed by atoms with Crippen molar-refractivity contribution in [1.29, 1.82) is 5.26 Å². The molecule has 1 aromatic carbocycles. The number of nitrogens with zero attached hydrogens (tertiary/aromatic N) is 2. The van der Waals surface area contributed by atoms with Crippen molar-refractivity contribution in [2.75, 3.05) is 6.61 Å². The highest BCUT2D eigenvalue weighted by molar-refractivity contribution is 8.26. The van der Waals surface area contributed by atoms with Crippen LogP contribution in [0.4, 0.5) is 0 Å². The van der Waals surface area contributed by atoms with Crippen LogP contribution in [0.3, 0.4) is 0 Å². The number of benzene rings is 1. The zero-order valence-electron chi connectivity index (χ0n) is 13.2. The minimum atomic E-state index is 0.0272. The SMILES string of the molecule is N#CCOc1ccc(/C=C2/SC(=S)N(C3CCCCC3)C2=O)cc1. The third kappa shape index (κ3) is 3.80. The van der Waals surface area contributed by atoms with Crippen LogP contribution in [0.2, 0.25) is 0 Å². The van der Waals surface area contributed by atoms with E-state index in [0.29, 0.717) is 15.0 Å². The Balaban J connectivity index is 1.72. The van der Waals surface area contributed by atoms with E-state index in [0.717, 1.165) is 18.4 Å². The first-order valence-electron chi connectivity index (χ1n) is 8.06. The molecule has 0 spiro atoms. The number of thioether (sulfide) groups is 1. The van der Waals surface area contributed by atoms with E-state index in [1.54, 1.807) is 12.1 Å². The van der Waals surface area contributed by atoms with Crippen molar-refractivity contribution >= 4 is 40.3 Å². The van der Waals surface area contributed by atoms with Crippen LogP contribution in [0.15, 0.2) is 29.2 Å². The molecular weight excluding hydrogens is 340 g/mol. The largest absolute Gasteiger partial charge is 0.479 e. The third-order valence-electron chi connectivity index (χ3n) is 4.24. The molecule has 4 nitrogen and oxygen atoms in total. The molecule has 0 N–H and O–H groups in total. The first-order chi connectivity index (χ1) is 11.7. The highest BCUT2D eigenvalue weighted by atomic mass is 32.2. The molecule has 2 aliphatic rings. The number of rotatable bonds is 4. The zero-order chi connectivity index (χ0) is 16.9. The van der Waals surface area contributed by atoms with Gasteiger partial charge in [-0.2, -0.15) is 5.26 Å². The molecule has 0 unspecified atom stereocenters. The summed E-state index contributed by atoms with van der Waals surface area (Å²) in [5.74, 6) is 0.671. The summed E-state index contributed by atoms with van der Waals surface area (Å²) in [6.45, 7) is 0.0272. The summed E-state index contributed by atoms with van der Waals surface area (Å²) in [7, 11) is 0. The molecular formula is C18H18N2O2S2. The number of ether oxygens (including phenoxy) is 1. The van der Waals surface area contributed by atoms with E-state index in [1.807, 2.05) is 29.2 Å². The Kier molecular flexibility index (Phi) is 5.54. The number of amides is 1. The summed E-state index contributed by atoms with van der Waals surface area (Å²) < 4.78 is 5.91. The number of carbonyl (C=O) groups excluding carboxylic acids is 1. The smallest absolute Gasteiger partial charge is 0.266 e. The zero-order valence-corrected chi connectivity index (χ0v) is 14.9. The Hall–Kier alpha value is -1.84. The lowest BCUT2D eigenvalue weighted by Gasteiger charge is -2.29. The average Bonchev–Trinajstić information content (AvgIpc) is 2.88. The summed E-state index contributed by atoms with van der Waals surface area (Å²) in [5.41, 5.74) is 0.920. The van der Waals surface area contributed by atoms with Gasteiger partial charge in [-0.1, -0.05) is 55.4 Å². The van der Waals surface area contributed by atoms with Gasteiger partial charge < -0.3 is 4.74 Å². The van der Waals surface area contributed by atoms with E-state index in [4.69, 9.17) is 22.2 Å². The molecule has 0 radical (unpaired) electrons. The van der Waals surface area contributed by atoms with Crippen LogP contribution in [0.25, 0.3) is 6.08 Å². The van der Waals surface area contributed by atoms with Crippen LogP contribution >= 0.6 is 24.0 Å². The van der Waals surface area contributed by atoms with E-state index >= 15 is 0 Å². The molecule has 6 heteroatoms. The van der Waals surface area contributed by atoms with E-state index < -0.39 is 0 Å². The normalized spacial score (nSPS) is 20.5. The van der Waals surface area contributed by atoms with Gasteiger partial charge in [-0.25, -0.2) is 0 Å². The van der Waals surface area contributed by atoms with Crippen LogP contribution in [-0.2, 0) is 4.79 Å². The average molecular weight is 358 g/mol. The summed E-state index contributed by atoms with van der Waals surface area (Å²) in [6, 6.07) is 9.54. The fourth-order valence-electron chi connectivity index (χ4n) is 3.06. The Morgan fingerprint density at radius 2 is 2.00 bits per heavy atom. The predicted octanol–water partition coefficient (Wildman–Crippen LogP) is 4.12. The minimum Gasteiger partial charge on any atom is -0.479 e. The van der Waals surface area contributed by atoms with Crippen LogP contribution in [-0.4, -0.2) is 27.8 Å². The second-order valence-corrected chi connectivity index (χ2v) is 7.54. The first-order valence-corrected chi connectivity index (χ1v) is 9.28. The molecule has 1 saturated carbocycles. The molecule has 0 bridgehead atoms. The van der Waals surface area contributed by atoms with Gasteiger partial charge in [-0.3, -0.25) is 9.69 Å². The van der Waals surface area contributed by atoms with Gasteiger partial charge in [0.25, 0.3) is 5.91 Å². The van der Waals surface area contributed by atoms with Gasteiger partial charge in [0.1, 0.15) is 16.1 Å². The summed E-state index contributed by atoms with van der Waals surface area (Å²) in [5, 5.41) is 8.52. The number of hydrogen-bond donors (Lipinski definition) is 0. The second-order valence-electron chi connectivity index (χ2n) is 5.86. The molecule has 2 fully saturated rings. The third-order valence-corrected chi connectivity index (χ3v) is 5.58. The lowest BCUT2D eigenvalue weighted by Crippen LogP contribution is -2.39. The van der Waals surface area contributed by atoms with Gasteiger partial charge in [0.05, 0.1) is 4.91 Å². The van der Waals surface area contributed by atoms with Crippen LogP contribution in [0.1, 0.15) is 37.7 Å². The van der Waals surface area contributed by atoms with Gasteiger partial charge >= 0.3 is 0 Å². The molecule has 24 heavy (non-hydrogen) atoms. The van der Waals surface area contributed by atoms with Crippen molar-refractivity contribution in [2.24, 2.45) is 0 Å². The van der Waals surface area contributed by atoms with Gasteiger partial charge in [0, 0.05) is 6.04 Å². The molecule has 3 rings (SSSR count). The highest BCUT2D eigenvalue weighted by Crippen LogP contribution is 2.37. The van der Waals surface area contributed by atoms with Crippen molar-refractivity contribution < 1.29 is 9.53 Å². The Morgan fingerprint density at radius 3 is 2.67 bits per heavy atom. The Bertz CT molecular complexity index is 701. The standard InChI is InChI=1S/C18H18N2O2S2/c19-10-11-22-15-8-6-13(7-9-15)12-16-17(21)20(18(23)24-16)14-4-2-1-3-5-14/h6-9,12,14H,1-5,11H2/b16-12+. The monoisotopic (exact) mass is 358 g/mol. The second kappa shape index (κ2) is 7.82.